The molecule has 0 bridgehead atoms. The molecule has 0 aromatic heterocycles. The molecule has 6 heteroatoms. The van der Waals surface area contributed by atoms with Gasteiger partial charge in [-0.1, -0.05) is 74.9 Å². The van der Waals surface area contributed by atoms with Gasteiger partial charge in [0.25, 0.3) is 10.0 Å². The van der Waals surface area contributed by atoms with Crippen molar-refractivity contribution in [3.05, 3.63) is 95.1 Å². The molecule has 3 rings (SSSR count). The molecule has 0 fully saturated rings. The molecule has 0 aliphatic carbocycles. The zero-order valence-electron chi connectivity index (χ0n) is 20.8. The maximum Gasteiger partial charge on any atom is 0.264 e. The molecule has 5 nitrogen and oxygen atoms in total. The van der Waals surface area contributed by atoms with Crippen LogP contribution in [-0.2, 0) is 20.2 Å². The van der Waals surface area contributed by atoms with Gasteiger partial charge in [0.1, 0.15) is 6.54 Å². The molecule has 3 aromatic rings. The average Bonchev–Trinajstić information content (AvgIpc) is 2.77. The van der Waals surface area contributed by atoms with Crippen LogP contribution in [0.2, 0.25) is 0 Å². The Morgan fingerprint density at radius 3 is 2.09 bits per heavy atom. The molecule has 1 atom stereocenters. The number of amides is 1. The van der Waals surface area contributed by atoms with Gasteiger partial charge < -0.3 is 5.32 Å². The van der Waals surface area contributed by atoms with Gasteiger partial charge >= 0.3 is 0 Å². The number of rotatable bonds is 7. The SMILES string of the molecule is Cc1ccc(S(=O)(=O)N(CC(=O)N[C@H](C)c2ccc(C(C)(C)C)cc2)c2cccc(C)c2)cc1. The summed E-state index contributed by atoms with van der Waals surface area (Å²) in [5.74, 6) is -0.371. The van der Waals surface area contributed by atoms with Crippen LogP contribution in [0.5, 0.6) is 0 Å². The van der Waals surface area contributed by atoms with E-state index in [0.29, 0.717) is 5.69 Å². The van der Waals surface area contributed by atoms with E-state index in [2.05, 4.69) is 38.2 Å². The topological polar surface area (TPSA) is 66.5 Å². The van der Waals surface area contributed by atoms with Crippen molar-refractivity contribution in [3.8, 4) is 0 Å². The largest absolute Gasteiger partial charge is 0.348 e. The highest BCUT2D eigenvalue weighted by Crippen LogP contribution is 2.26. The normalized spacial score (nSPS) is 12.8. The highest BCUT2D eigenvalue weighted by Gasteiger charge is 2.28. The number of aryl methyl sites for hydroxylation is 2. The van der Waals surface area contributed by atoms with Gasteiger partial charge in [-0.25, -0.2) is 8.42 Å². The predicted molar refractivity (Wildman–Crippen MR) is 139 cm³/mol. The maximum absolute atomic E-state index is 13.5. The van der Waals surface area contributed by atoms with Crippen LogP contribution in [0.15, 0.2) is 77.7 Å². The minimum atomic E-state index is -3.93. The van der Waals surface area contributed by atoms with Gasteiger partial charge in [0.15, 0.2) is 0 Å². The van der Waals surface area contributed by atoms with Crippen LogP contribution < -0.4 is 9.62 Å². The second-order valence-corrected chi connectivity index (χ2v) is 11.7. The molecular weight excluding hydrogens is 444 g/mol. The van der Waals surface area contributed by atoms with Crippen molar-refractivity contribution in [2.45, 2.75) is 57.9 Å². The first-order chi connectivity index (χ1) is 15.9. The molecular formula is C28H34N2O3S. The van der Waals surface area contributed by atoms with Gasteiger partial charge in [0, 0.05) is 0 Å². The number of sulfonamides is 1. The average molecular weight is 479 g/mol. The molecule has 0 unspecified atom stereocenters. The summed E-state index contributed by atoms with van der Waals surface area (Å²) in [6.07, 6.45) is 0. The third kappa shape index (κ3) is 6.06. The van der Waals surface area contributed by atoms with E-state index >= 15 is 0 Å². The number of hydrogen-bond donors (Lipinski definition) is 1. The van der Waals surface area contributed by atoms with E-state index in [9.17, 15) is 13.2 Å². The van der Waals surface area contributed by atoms with E-state index < -0.39 is 10.0 Å². The fraction of sp³-hybridized carbons (Fsp3) is 0.321. The Morgan fingerprint density at radius 1 is 0.912 bits per heavy atom. The van der Waals surface area contributed by atoms with Gasteiger partial charge in [0.2, 0.25) is 5.91 Å². The van der Waals surface area contributed by atoms with Crippen molar-refractivity contribution < 1.29 is 13.2 Å². The number of anilines is 1. The Hall–Kier alpha value is -3.12. The first-order valence-electron chi connectivity index (χ1n) is 11.4. The van der Waals surface area contributed by atoms with Crippen molar-refractivity contribution in [2.75, 3.05) is 10.8 Å². The molecule has 0 spiro atoms. The van der Waals surface area contributed by atoms with Crippen molar-refractivity contribution in [2.24, 2.45) is 0 Å². The van der Waals surface area contributed by atoms with Crippen LogP contribution in [0, 0.1) is 13.8 Å². The Morgan fingerprint density at radius 2 is 1.53 bits per heavy atom. The molecule has 0 radical (unpaired) electrons. The van der Waals surface area contributed by atoms with Crippen molar-refractivity contribution >= 4 is 21.6 Å². The molecule has 34 heavy (non-hydrogen) atoms. The molecule has 0 aliphatic rings. The van der Waals surface area contributed by atoms with E-state index in [0.717, 1.165) is 16.7 Å². The van der Waals surface area contributed by atoms with Gasteiger partial charge in [0.05, 0.1) is 16.6 Å². The molecule has 0 heterocycles. The van der Waals surface area contributed by atoms with E-state index in [-0.39, 0.29) is 28.8 Å². The number of carbonyl (C=O) groups is 1. The lowest BCUT2D eigenvalue weighted by Gasteiger charge is -2.26. The molecule has 0 aliphatic heterocycles. The van der Waals surface area contributed by atoms with E-state index in [1.807, 2.05) is 39.0 Å². The van der Waals surface area contributed by atoms with Crippen LogP contribution >= 0.6 is 0 Å². The first kappa shape index (κ1) is 25.5. The highest BCUT2D eigenvalue weighted by atomic mass is 32.2. The summed E-state index contributed by atoms with van der Waals surface area (Å²) in [5, 5.41) is 2.96. The minimum Gasteiger partial charge on any atom is -0.348 e. The van der Waals surface area contributed by atoms with Crippen LogP contribution in [0.1, 0.15) is 56.0 Å². The zero-order chi connectivity index (χ0) is 25.1. The second kappa shape index (κ2) is 10.0. The fourth-order valence-corrected chi connectivity index (χ4v) is 5.12. The summed E-state index contributed by atoms with van der Waals surface area (Å²) in [6, 6.07) is 21.7. The monoisotopic (exact) mass is 478 g/mol. The van der Waals surface area contributed by atoms with Gasteiger partial charge in [-0.05, 0) is 67.1 Å². The van der Waals surface area contributed by atoms with E-state index in [1.54, 1.807) is 42.5 Å². The van der Waals surface area contributed by atoms with Gasteiger partial charge in [-0.3, -0.25) is 9.10 Å². The first-order valence-corrected chi connectivity index (χ1v) is 12.9. The Bertz CT molecular complexity index is 1240. The summed E-state index contributed by atoms with van der Waals surface area (Å²) >= 11 is 0. The summed E-state index contributed by atoms with van der Waals surface area (Å²) in [4.78, 5) is 13.2. The third-order valence-corrected chi connectivity index (χ3v) is 7.63. The lowest BCUT2D eigenvalue weighted by Crippen LogP contribution is -2.41. The lowest BCUT2D eigenvalue weighted by molar-refractivity contribution is -0.120. The number of nitrogens with one attached hydrogen (secondary N) is 1. The van der Waals surface area contributed by atoms with Gasteiger partial charge in [-0.2, -0.15) is 0 Å². The van der Waals surface area contributed by atoms with E-state index in [1.165, 1.54) is 9.87 Å². The summed E-state index contributed by atoms with van der Waals surface area (Å²) in [5.41, 5.74) is 4.55. The second-order valence-electron chi connectivity index (χ2n) is 9.82. The molecule has 1 N–H and O–H groups in total. The number of hydrogen-bond acceptors (Lipinski definition) is 3. The highest BCUT2D eigenvalue weighted by molar-refractivity contribution is 7.92. The predicted octanol–water partition coefficient (Wildman–Crippen LogP) is 5.67. The van der Waals surface area contributed by atoms with Crippen LogP contribution in [0.3, 0.4) is 0 Å². The van der Waals surface area contributed by atoms with Gasteiger partial charge in [-0.15, -0.1) is 0 Å². The summed E-state index contributed by atoms with van der Waals surface area (Å²) < 4.78 is 28.2. The summed E-state index contributed by atoms with van der Waals surface area (Å²) in [6.45, 7) is 11.8. The quantitative estimate of drug-likeness (QED) is 0.475. The Labute approximate surface area is 203 Å². The van der Waals surface area contributed by atoms with Crippen LogP contribution in [0.25, 0.3) is 0 Å². The van der Waals surface area contributed by atoms with Crippen molar-refractivity contribution in [1.82, 2.24) is 5.32 Å². The maximum atomic E-state index is 13.5. The minimum absolute atomic E-state index is 0.0453. The standard InChI is InChI=1S/C28H34N2O3S/c1-20-10-16-26(17-11-20)34(32,33)30(25-9-7-8-21(2)18-25)19-27(31)29-22(3)23-12-14-24(15-13-23)28(4,5)6/h7-18,22H,19H2,1-6H3,(H,29,31)/t22-/m1/s1. The van der Waals surface area contributed by atoms with Crippen molar-refractivity contribution in [3.63, 3.8) is 0 Å². The fourth-order valence-electron chi connectivity index (χ4n) is 3.71. The molecule has 0 saturated carbocycles. The van der Waals surface area contributed by atoms with Crippen LogP contribution in [-0.4, -0.2) is 20.9 Å². The molecule has 3 aromatic carbocycles. The molecule has 1 amide bonds. The van der Waals surface area contributed by atoms with Crippen molar-refractivity contribution in [1.29, 1.82) is 0 Å². The van der Waals surface area contributed by atoms with Crippen LogP contribution in [0.4, 0.5) is 5.69 Å². The number of carbonyl (C=O) groups excluding carboxylic acids is 1. The zero-order valence-corrected chi connectivity index (χ0v) is 21.6. The molecule has 0 saturated heterocycles. The Balaban J connectivity index is 1.85. The Kier molecular flexibility index (Phi) is 7.51. The number of benzene rings is 3. The molecule has 180 valence electrons. The number of nitrogens with zero attached hydrogens (tertiary/aromatic N) is 1. The summed E-state index contributed by atoms with van der Waals surface area (Å²) in [7, 11) is -3.93. The third-order valence-electron chi connectivity index (χ3n) is 5.84. The van der Waals surface area contributed by atoms with E-state index in [4.69, 9.17) is 0 Å². The lowest BCUT2D eigenvalue weighted by atomic mass is 9.86. The smallest absolute Gasteiger partial charge is 0.264 e.